The van der Waals surface area contributed by atoms with Crippen LogP contribution in [0.25, 0.3) is 0 Å². The zero-order valence-corrected chi connectivity index (χ0v) is 13.9. The lowest BCUT2D eigenvalue weighted by Crippen LogP contribution is -2.41. The fraction of sp³-hybridized carbons (Fsp3) is 0.765. The van der Waals surface area contributed by atoms with E-state index in [-0.39, 0.29) is 5.91 Å². The largest absolute Gasteiger partial charge is 0.334 e. The zero-order chi connectivity index (χ0) is 15.4. The first-order valence-electron chi connectivity index (χ1n) is 8.33. The van der Waals surface area contributed by atoms with Gasteiger partial charge in [-0.25, -0.2) is 4.98 Å². The van der Waals surface area contributed by atoms with Crippen molar-refractivity contribution >= 4 is 5.91 Å². The highest BCUT2D eigenvalue weighted by Gasteiger charge is 2.28. The Morgan fingerprint density at radius 2 is 2.05 bits per heavy atom. The molecule has 0 unspecified atom stereocenters. The van der Waals surface area contributed by atoms with Crippen LogP contribution in [0, 0.1) is 5.92 Å². The molecular formula is C17H29N3O. The zero-order valence-electron chi connectivity index (χ0n) is 13.9. The lowest BCUT2D eigenvalue weighted by Gasteiger charge is -2.30. The van der Waals surface area contributed by atoms with E-state index in [1.807, 2.05) is 10.8 Å². The van der Waals surface area contributed by atoms with E-state index in [9.17, 15) is 4.79 Å². The van der Waals surface area contributed by atoms with Crippen LogP contribution in [0.4, 0.5) is 0 Å². The molecule has 1 aliphatic heterocycles. The van der Waals surface area contributed by atoms with Gasteiger partial charge < -0.3 is 9.47 Å². The average Bonchev–Trinajstić information content (AvgIpc) is 2.80. The van der Waals surface area contributed by atoms with Gasteiger partial charge in [0, 0.05) is 24.8 Å². The summed E-state index contributed by atoms with van der Waals surface area (Å²) in [6, 6.07) is 0.721. The first-order valence-corrected chi connectivity index (χ1v) is 8.33. The van der Waals surface area contributed by atoms with Gasteiger partial charge in [-0.2, -0.15) is 0 Å². The summed E-state index contributed by atoms with van der Waals surface area (Å²) in [5, 5.41) is 0. The Morgan fingerprint density at radius 3 is 2.67 bits per heavy atom. The molecule has 1 saturated heterocycles. The third-order valence-electron chi connectivity index (χ3n) is 4.30. The van der Waals surface area contributed by atoms with Gasteiger partial charge in [0.2, 0.25) is 0 Å². The van der Waals surface area contributed by atoms with Crippen LogP contribution in [0.5, 0.6) is 0 Å². The number of aromatic nitrogens is 2. The lowest BCUT2D eigenvalue weighted by atomic mass is 9.98. The molecule has 1 atom stereocenters. The highest BCUT2D eigenvalue weighted by Crippen LogP contribution is 2.24. The molecule has 4 heteroatoms. The summed E-state index contributed by atoms with van der Waals surface area (Å²) in [6.45, 7) is 9.56. The van der Waals surface area contributed by atoms with Crippen molar-refractivity contribution in [1.82, 2.24) is 14.5 Å². The van der Waals surface area contributed by atoms with Crippen LogP contribution in [-0.4, -0.2) is 32.9 Å². The molecule has 0 aromatic carbocycles. The Morgan fingerprint density at radius 1 is 1.29 bits per heavy atom. The third kappa shape index (κ3) is 4.08. The summed E-state index contributed by atoms with van der Waals surface area (Å²) < 4.78 is 2.00. The first-order chi connectivity index (χ1) is 9.99. The Bertz CT molecular complexity index is 464. The maximum Gasteiger partial charge on any atom is 0.274 e. The maximum atomic E-state index is 12.8. The van der Waals surface area contributed by atoms with Crippen LogP contribution in [0.2, 0.25) is 0 Å². The van der Waals surface area contributed by atoms with Crippen LogP contribution >= 0.6 is 0 Å². The quantitative estimate of drug-likeness (QED) is 0.844. The SMILES string of the molecule is CC(C)C[C@H]1CCCCCN1C(=O)c1cn(C(C)C)cn1. The minimum absolute atomic E-state index is 0.113. The second-order valence-electron chi connectivity index (χ2n) is 6.93. The highest BCUT2D eigenvalue weighted by molar-refractivity contribution is 5.92. The second kappa shape index (κ2) is 7.10. The van der Waals surface area contributed by atoms with Crippen LogP contribution < -0.4 is 0 Å². The van der Waals surface area contributed by atoms with E-state index < -0.39 is 0 Å². The Kier molecular flexibility index (Phi) is 5.43. The molecule has 0 bridgehead atoms. The molecule has 4 nitrogen and oxygen atoms in total. The van der Waals surface area contributed by atoms with Crippen molar-refractivity contribution in [3.8, 4) is 0 Å². The highest BCUT2D eigenvalue weighted by atomic mass is 16.2. The molecular weight excluding hydrogens is 262 g/mol. The molecule has 0 N–H and O–H groups in total. The Balaban J connectivity index is 2.15. The van der Waals surface area contributed by atoms with E-state index in [4.69, 9.17) is 0 Å². The molecule has 1 aliphatic rings. The number of carbonyl (C=O) groups excluding carboxylic acids is 1. The van der Waals surface area contributed by atoms with E-state index in [1.54, 1.807) is 6.33 Å². The van der Waals surface area contributed by atoms with Gasteiger partial charge in [0.25, 0.3) is 5.91 Å². The lowest BCUT2D eigenvalue weighted by molar-refractivity contribution is 0.0655. The Labute approximate surface area is 128 Å². The molecule has 2 heterocycles. The average molecular weight is 291 g/mol. The molecule has 1 amide bonds. The summed E-state index contributed by atoms with van der Waals surface area (Å²) in [5.41, 5.74) is 0.597. The van der Waals surface area contributed by atoms with Crippen molar-refractivity contribution < 1.29 is 4.79 Å². The van der Waals surface area contributed by atoms with Crippen LogP contribution in [0.3, 0.4) is 0 Å². The summed E-state index contributed by atoms with van der Waals surface area (Å²) in [6.07, 6.45) is 9.48. The van der Waals surface area contributed by atoms with Gasteiger partial charge in [-0.15, -0.1) is 0 Å². The van der Waals surface area contributed by atoms with Gasteiger partial charge in [0.15, 0.2) is 0 Å². The Hall–Kier alpha value is -1.32. The number of rotatable bonds is 4. The summed E-state index contributed by atoms with van der Waals surface area (Å²) in [7, 11) is 0. The third-order valence-corrected chi connectivity index (χ3v) is 4.30. The molecule has 118 valence electrons. The van der Waals surface area contributed by atoms with Gasteiger partial charge in [0.1, 0.15) is 5.69 Å². The summed E-state index contributed by atoms with van der Waals surface area (Å²) in [4.78, 5) is 19.2. The van der Waals surface area contributed by atoms with Gasteiger partial charge in [0.05, 0.1) is 6.33 Å². The van der Waals surface area contributed by atoms with E-state index in [1.165, 1.54) is 12.8 Å². The standard InChI is InChI=1S/C17H29N3O/c1-13(2)10-15-8-6-5-7-9-20(15)17(21)16-11-19(12-18-16)14(3)4/h11-15H,5-10H2,1-4H3/t15-/m1/s1. The minimum atomic E-state index is 0.113. The molecule has 21 heavy (non-hydrogen) atoms. The molecule has 2 rings (SSSR count). The van der Waals surface area contributed by atoms with Crippen molar-refractivity contribution in [2.75, 3.05) is 6.54 Å². The fourth-order valence-electron chi connectivity index (χ4n) is 3.11. The number of carbonyl (C=O) groups is 1. The van der Waals surface area contributed by atoms with Gasteiger partial charge in [-0.1, -0.05) is 26.7 Å². The molecule has 1 fully saturated rings. The number of amides is 1. The van der Waals surface area contributed by atoms with E-state index in [0.717, 1.165) is 25.8 Å². The topological polar surface area (TPSA) is 38.1 Å². The smallest absolute Gasteiger partial charge is 0.274 e. The summed E-state index contributed by atoms with van der Waals surface area (Å²) in [5.74, 6) is 0.735. The summed E-state index contributed by atoms with van der Waals surface area (Å²) >= 11 is 0. The van der Waals surface area contributed by atoms with Crippen molar-refractivity contribution in [3.05, 3.63) is 18.2 Å². The molecule has 1 aromatic rings. The van der Waals surface area contributed by atoms with Gasteiger partial charge >= 0.3 is 0 Å². The normalized spacial score (nSPS) is 20.1. The van der Waals surface area contributed by atoms with E-state index in [0.29, 0.717) is 23.7 Å². The van der Waals surface area contributed by atoms with E-state index in [2.05, 4.69) is 37.6 Å². The van der Waals surface area contributed by atoms with Crippen LogP contribution in [-0.2, 0) is 0 Å². The van der Waals surface area contributed by atoms with Crippen molar-refractivity contribution in [2.45, 2.75) is 71.9 Å². The van der Waals surface area contributed by atoms with Crippen LogP contribution in [0.15, 0.2) is 12.5 Å². The number of hydrogen-bond acceptors (Lipinski definition) is 2. The van der Waals surface area contributed by atoms with Crippen molar-refractivity contribution in [2.24, 2.45) is 5.92 Å². The van der Waals surface area contributed by atoms with Gasteiger partial charge in [-0.3, -0.25) is 4.79 Å². The monoisotopic (exact) mass is 291 g/mol. The number of hydrogen-bond donors (Lipinski definition) is 0. The molecule has 0 radical (unpaired) electrons. The predicted octanol–water partition coefficient (Wildman–Crippen LogP) is 3.89. The second-order valence-corrected chi connectivity index (χ2v) is 6.93. The maximum absolute atomic E-state index is 12.8. The molecule has 0 saturated carbocycles. The van der Waals surface area contributed by atoms with Crippen molar-refractivity contribution in [3.63, 3.8) is 0 Å². The molecule has 0 spiro atoms. The fourth-order valence-corrected chi connectivity index (χ4v) is 3.11. The van der Waals surface area contributed by atoms with Crippen LogP contribution in [0.1, 0.15) is 76.3 Å². The van der Waals surface area contributed by atoms with Crippen molar-refractivity contribution in [1.29, 1.82) is 0 Å². The predicted molar refractivity (Wildman–Crippen MR) is 85.4 cm³/mol. The molecule has 1 aromatic heterocycles. The number of likely N-dealkylation sites (tertiary alicyclic amines) is 1. The minimum Gasteiger partial charge on any atom is -0.334 e. The first kappa shape index (κ1) is 16.1. The number of nitrogens with zero attached hydrogens (tertiary/aromatic N) is 3. The van der Waals surface area contributed by atoms with Gasteiger partial charge in [-0.05, 0) is 39.0 Å². The van der Waals surface area contributed by atoms with E-state index >= 15 is 0 Å². The number of imidazole rings is 1. The molecule has 0 aliphatic carbocycles.